The van der Waals surface area contributed by atoms with Crippen LogP contribution in [0.15, 0.2) is 28.8 Å². The zero-order valence-corrected chi connectivity index (χ0v) is 14.9. The number of hydrogen-bond donors (Lipinski definition) is 1. The standard InChI is InChI=1S/C18H25N3O4/c1-18(2,22)8-9-21-10-11-24-15(12-21)16-19-17(25-20-16)13-4-6-14(23-3)7-5-13/h4-7,15,22H,8-12H2,1-3H3/t15-/m1/s1. The van der Waals surface area contributed by atoms with Gasteiger partial charge in [-0.05, 0) is 44.5 Å². The number of benzene rings is 1. The Morgan fingerprint density at radius 2 is 2.08 bits per heavy atom. The summed E-state index contributed by atoms with van der Waals surface area (Å²) in [4.78, 5) is 6.74. The summed E-state index contributed by atoms with van der Waals surface area (Å²) in [6.45, 7) is 6.61. The van der Waals surface area contributed by atoms with Crippen LogP contribution >= 0.6 is 0 Å². The summed E-state index contributed by atoms with van der Waals surface area (Å²) in [5, 5.41) is 14.0. The highest BCUT2D eigenvalue weighted by molar-refractivity contribution is 5.54. The summed E-state index contributed by atoms with van der Waals surface area (Å²) in [5.74, 6) is 1.80. The molecule has 0 radical (unpaired) electrons. The molecule has 136 valence electrons. The Balaban J connectivity index is 1.64. The summed E-state index contributed by atoms with van der Waals surface area (Å²) in [6.07, 6.45) is 0.495. The van der Waals surface area contributed by atoms with E-state index in [0.717, 1.165) is 24.4 Å². The molecule has 0 aliphatic carbocycles. The fourth-order valence-electron chi connectivity index (χ4n) is 2.71. The summed E-state index contributed by atoms with van der Waals surface area (Å²) < 4.78 is 16.3. The molecule has 1 aliphatic rings. The van der Waals surface area contributed by atoms with E-state index in [9.17, 15) is 5.11 Å². The summed E-state index contributed by atoms with van der Waals surface area (Å²) in [5.41, 5.74) is 0.177. The second-order valence-electron chi connectivity index (χ2n) is 6.91. The van der Waals surface area contributed by atoms with E-state index >= 15 is 0 Å². The molecule has 3 rings (SSSR count). The van der Waals surface area contributed by atoms with E-state index in [1.807, 2.05) is 38.1 Å². The van der Waals surface area contributed by atoms with Crippen molar-refractivity contribution in [2.24, 2.45) is 0 Å². The van der Waals surface area contributed by atoms with Crippen molar-refractivity contribution in [3.63, 3.8) is 0 Å². The number of ether oxygens (including phenoxy) is 2. The van der Waals surface area contributed by atoms with Crippen molar-refractivity contribution in [1.29, 1.82) is 0 Å². The zero-order valence-electron chi connectivity index (χ0n) is 14.9. The molecule has 2 heterocycles. The molecular formula is C18H25N3O4. The smallest absolute Gasteiger partial charge is 0.258 e. The molecule has 1 saturated heterocycles. The molecule has 1 N–H and O–H groups in total. The molecule has 0 amide bonds. The third-order valence-electron chi connectivity index (χ3n) is 4.26. The van der Waals surface area contributed by atoms with Gasteiger partial charge in [-0.25, -0.2) is 0 Å². The lowest BCUT2D eigenvalue weighted by molar-refractivity contribution is -0.0427. The van der Waals surface area contributed by atoms with Crippen LogP contribution in [0, 0.1) is 0 Å². The summed E-state index contributed by atoms with van der Waals surface area (Å²) in [7, 11) is 1.63. The topological polar surface area (TPSA) is 80.9 Å². The molecule has 7 nitrogen and oxygen atoms in total. The van der Waals surface area contributed by atoms with Crippen LogP contribution < -0.4 is 4.74 Å². The van der Waals surface area contributed by atoms with Gasteiger partial charge in [0.1, 0.15) is 11.9 Å². The lowest BCUT2D eigenvalue weighted by Gasteiger charge is -2.32. The molecule has 25 heavy (non-hydrogen) atoms. The van der Waals surface area contributed by atoms with Crippen LogP contribution in [0.25, 0.3) is 11.5 Å². The van der Waals surface area contributed by atoms with Gasteiger partial charge >= 0.3 is 0 Å². The molecule has 1 aromatic heterocycles. The molecule has 0 unspecified atom stereocenters. The Bertz CT molecular complexity index is 678. The van der Waals surface area contributed by atoms with Gasteiger partial charge < -0.3 is 19.1 Å². The van der Waals surface area contributed by atoms with Gasteiger partial charge in [-0.2, -0.15) is 4.98 Å². The molecule has 0 bridgehead atoms. The highest BCUT2D eigenvalue weighted by atomic mass is 16.5. The van der Waals surface area contributed by atoms with E-state index in [1.54, 1.807) is 7.11 Å². The van der Waals surface area contributed by atoms with Gasteiger partial charge in [-0.15, -0.1) is 0 Å². The Morgan fingerprint density at radius 1 is 1.32 bits per heavy atom. The minimum absolute atomic E-state index is 0.216. The predicted octanol–water partition coefficient (Wildman–Crippen LogP) is 2.28. The van der Waals surface area contributed by atoms with Gasteiger partial charge in [0.2, 0.25) is 5.82 Å². The molecule has 1 fully saturated rings. The van der Waals surface area contributed by atoms with Gasteiger partial charge in [0.25, 0.3) is 5.89 Å². The van der Waals surface area contributed by atoms with Crippen molar-refractivity contribution >= 4 is 0 Å². The third-order valence-corrected chi connectivity index (χ3v) is 4.26. The Hall–Kier alpha value is -1.96. The van der Waals surface area contributed by atoms with Crippen molar-refractivity contribution in [1.82, 2.24) is 15.0 Å². The number of aromatic nitrogens is 2. The third kappa shape index (κ3) is 4.78. The van der Waals surface area contributed by atoms with E-state index in [-0.39, 0.29) is 6.10 Å². The molecule has 2 aromatic rings. The first kappa shape index (κ1) is 17.8. The first-order valence-electron chi connectivity index (χ1n) is 8.49. The molecule has 1 aromatic carbocycles. The zero-order chi connectivity index (χ0) is 17.9. The van der Waals surface area contributed by atoms with Gasteiger partial charge in [0, 0.05) is 25.2 Å². The van der Waals surface area contributed by atoms with Crippen LogP contribution in [0.1, 0.15) is 32.2 Å². The number of morpholine rings is 1. The van der Waals surface area contributed by atoms with E-state index < -0.39 is 5.60 Å². The van der Waals surface area contributed by atoms with Crippen LogP contribution in [-0.4, -0.2) is 59.1 Å². The number of nitrogens with zero attached hydrogens (tertiary/aromatic N) is 3. The lowest BCUT2D eigenvalue weighted by Crippen LogP contribution is -2.41. The first-order chi connectivity index (χ1) is 11.9. The maximum atomic E-state index is 9.89. The molecule has 0 saturated carbocycles. The Labute approximate surface area is 147 Å². The Kier molecular flexibility index (Phi) is 5.36. The fourth-order valence-corrected chi connectivity index (χ4v) is 2.71. The highest BCUT2D eigenvalue weighted by Crippen LogP contribution is 2.25. The minimum Gasteiger partial charge on any atom is -0.497 e. The second-order valence-corrected chi connectivity index (χ2v) is 6.91. The minimum atomic E-state index is -0.665. The quantitative estimate of drug-likeness (QED) is 0.858. The Morgan fingerprint density at radius 3 is 2.76 bits per heavy atom. The average molecular weight is 347 g/mol. The largest absolute Gasteiger partial charge is 0.497 e. The van der Waals surface area contributed by atoms with Crippen LogP contribution in [-0.2, 0) is 4.74 Å². The summed E-state index contributed by atoms with van der Waals surface area (Å²) in [6, 6.07) is 7.48. The molecular weight excluding hydrogens is 322 g/mol. The number of hydrogen-bond acceptors (Lipinski definition) is 7. The fraction of sp³-hybridized carbons (Fsp3) is 0.556. The number of methoxy groups -OCH3 is 1. The van der Waals surface area contributed by atoms with Crippen LogP contribution in [0.4, 0.5) is 0 Å². The lowest BCUT2D eigenvalue weighted by atomic mass is 10.1. The van der Waals surface area contributed by atoms with Crippen molar-refractivity contribution in [3.8, 4) is 17.2 Å². The van der Waals surface area contributed by atoms with Gasteiger partial charge in [0.05, 0.1) is 19.3 Å². The van der Waals surface area contributed by atoms with E-state index in [4.69, 9.17) is 14.0 Å². The van der Waals surface area contributed by atoms with Crippen molar-refractivity contribution in [3.05, 3.63) is 30.1 Å². The molecule has 1 atom stereocenters. The first-order valence-corrected chi connectivity index (χ1v) is 8.49. The van der Waals surface area contributed by atoms with E-state index in [1.165, 1.54) is 0 Å². The molecule has 0 spiro atoms. The normalized spacial score (nSPS) is 19.1. The van der Waals surface area contributed by atoms with Crippen molar-refractivity contribution < 1.29 is 19.1 Å². The maximum absolute atomic E-state index is 9.89. The van der Waals surface area contributed by atoms with Crippen molar-refractivity contribution in [2.45, 2.75) is 32.0 Å². The van der Waals surface area contributed by atoms with E-state index in [2.05, 4.69) is 15.0 Å². The molecule has 1 aliphatic heterocycles. The second kappa shape index (κ2) is 7.51. The van der Waals surface area contributed by atoms with Crippen LogP contribution in [0.5, 0.6) is 5.75 Å². The van der Waals surface area contributed by atoms with Gasteiger partial charge in [0.15, 0.2) is 0 Å². The van der Waals surface area contributed by atoms with Gasteiger partial charge in [-0.1, -0.05) is 5.16 Å². The average Bonchev–Trinajstić information content (AvgIpc) is 3.10. The maximum Gasteiger partial charge on any atom is 0.258 e. The van der Waals surface area contributed by atoms with E-state index in [0.29, 0.717) is 31.3 Å². The number of rotatable bonds is 6. The highest BCUT2D eigenvalue weighted by Gasteiger charge is 2.27. The molecule has 7 heteroatoms. The predicted molar refractivity (Wildman–Crippen MR) is 92.3 cm³/mol. The van der Waals surface area contributed by atoms with Crippen LogP contribution in [0.2, 0.25) is 0 Å². The van der Waals surface area contributed by atoms with Crippen molar-refractivity contribution in [2.75, 3.05) is 33.4 Å². The van der Waals surface area contributed by atoms with Crippen LogP contribution in [0.3, 0.4) is 0 Å². The number of aliphatic hydroxyl groups is 1. The summed E-state index contributed by atoms with van der Waals surface area (Å²) >= 11 is 0. The monoisotopic (exact) mass is 347 g/mol. The SMILES string of the molecule is COc1ccc(-c2nc([C@H]3CN(CCC(C)(C)O)CCO3)no2)cc1. The van der Waals surface area contributed by atoms with Gasteiger partial charge in [-0.3, -0.25) is 4.90 Å².